The minimum absolute atomic E-state index is 0.106. The molecule has 0 radical (unpaired) electrons. The summed E-state index contributed by atoms with van der Waals surface area (Å²) in [7, 11) is 0. The fraction of sp³-hybridized carbons (Fsp3) is 0.833. The summed E-state index contributed by atoms with van der Waals surface area (Å²) in [5.74, 6) is -37.8. The molecule has 18 heteroatoms. The van der Waals surface area contributed by atoms with Gasteiger partial charge in [0.25, 0.3) is 0 Å². The highest BCUT2D eigenvalue weighted by Crippen LogP contribution is 2.60. The number of halogens is 13. The van der Waals surface area contributed by atoms with Gasteiger partial charge in [-0.05, 0) is 13.8 Å². The smallest absolute Gasteiger partial charge is 0.460 e. The van der Waals surface area contributed by atoms with E-state index in [-0.39, 0.29) is 32.0 Å². The summed E-state index contributed by atoms with van der Waals surface area (Å²) in [6.45, 7) is 3.34. The number of alkyl halides is 13. The molecule has 0 aliphatic carbocycles. The van der Waals surface area contributed by atoms with Crippen LogP contribution in [0.5, 0.6) is 0 Å². The zero-order valence-electron chi connectivity index (χ0n) is 18.5. The van der Waals surface area contributed by atoms with Crippen LogP contribution in [0.4, 0.5) is 57.1 Å². The lowest BCUT2D eigenvalue weighted by atomic mass is 9.93. The summed E-state index contributed by atoms with van der Waals surface area (Å²) < 4.78 is 188. The summed E-state index contributed by atoms with van der Waals surface area (Å²) in [4.78, 5) is 11.1. The molecule has 36 heavy (non-hydrogen) atoms. The standard InChI is InChI=1S/C18H21F13O5/c1-10(2)12(32)36-9-7-33-6-8-35-11(3)34-5-4-13(19,20)14(21,22)15(23,24)16(25,26)17(27,28)18(29,30)31/h11H,1,4-9H2,2-3H3. The Labute approximate surface area is 195 Å². The first-order chi connectivity index (χ1) is 16.0. The fourth-order valence-corrected chi connectivity index (χ4v) is 2.05. The van der Waals surface area contributed by atoms with Crippen LogP contribution in [0, 0.1) is 0 Å². The number of esters is 1. The van der Waals surface area contributed by atoms with Crippen LogP contribution in [0.3, 0.4) is 0 Å². The fourth-order valence-electron chi connectivity index (χ4n) is 2.05. The molecule has 0 aromatic heterocycles. The van der Waals surface area contributed by atoms with E-state index >= 15 is 0 Å². The zero-order chi connectivity index (χ0) is 28.8. The van der Waals surface area contributed by atoms with Crippen LogP contribution in [-0.4, -0.2) is 81.1 Å². The summed E-state index contributed by atoms with van der Waals surface area (Å²) in [5, 5.41) is 0. The minimum atomic E-state index is -7.94. The maximum absolute atomic E-state index is 13.6. The molecule has 0 aromatic carbocycles. The van der Waals surface area contributed by atoms with Crippen LogP contribution in [-0.2, 0) is 23.7 Å². The lowest BCUT2D eigenvalue weighted by Crippen LogP contribution is -2.70. The second-order valence-corrected chi connectivity index (χ2v) is 7.09. The van der Waals surface area contributed by atoms with E-state index in [1.807, 2.05) is 0 Å². The van der Waals surface area contributed by atoms with E-state index < -0.39 is 61.1 Å². The highest BCUT2D eigenvalue weighted by Gasteiger charge is 2.90. The Balaban J connectivity index is 4.82. The van der Waals surface area contributed by atoms with Crippen molar-refractivity contribution < 1.29 is 80.8 Å². The van der Waals surface area contributed by atoms with Gasteiger partial charge in [-0.3, -0.25) is 0 Å². The number of hydrogen-bond acceptors (Lipinski definition) is 5. The van der Waals surface area contributed by atoms with Crippen LogP contribution >= 0.6 is 0 Å². The Bertz CT molecular complexity index is 737. The SMILES string of the molecule is C=C(C)C(=O)OCCOCCOC(C)OCCC(F)(F)C(F)(F)C(F)(F)C(F)(F)C(F)(F)C(F)(F)F. The van der Waals surface area contributed by atoms with E-state index in [2.05, 4.69) is 16.1 Å². The molecule has 1 unspecified atom stereocenters. The number of rotatable bonds is 16. The maximum Gasteiger partial charge on any atom is 0.460 e. The molecule has 0 rings (SSSR count). The molecule has 0 fully saturated rings. The third-order valence-electron chi connectivity index (χ3n) is 4.16. The third kappa shape index (κ3) is 7.60. The molecule has 214 valence electrons. The van der Waals surface area contributed by atoms with Crippen LogP contribution in [0.1, 0.15) is 20.3 Å². The average Bonchev–Trinajstić information content (AvgIpc) is 2.71. The Morgan fingerprint density at radius 3 is 1.61 bits per heavy atom. The molecule has 0 spiro atoms. The van der Waals surface area contributed by atoms with E-state index in [0.29, 0.717) is 0 Å². The van der Waals surface area contributed by atoms with Crippen molar-refractivity contribution >= 4 is 5.97 Å². The van der Waals surface area contributed by atoms with Crippen molar-refractivity contribution in [2.75, 3.05) is 33.0 Å². The normalized spacial score (nSPS) is 15.1. The van der Waals surface area contributed by atoms with E-state index in [1.165, 1.54) is 6.92 Å². The molecule has 0 heterocycles. The van der Waals surface area contributed by atoms with Crippen molar-refractivity contribution in [3.05, 3.63) is 12.2 Å². The summed E-state index contributed by atoms with van der Waals surface area (Å²) >= 11 is 0. The quantitative estimate of drug-likeness (QED) is 0.0800. The molecule has 0 aliphatic heterocycles. The Hall–Kier alpha value is -1.82. The van der Waals surface area contributed by atoms with Gasteiger partial charge in [-0.1, -0.05) is 6.58 Å². The van der Waals surface area contributed by atoms with Crippen molar-refractivity contribution in [1.82, 2.24) is 0 Å². The van der Waals surface area contributed by atoms with Gasteiger partial charge in [0.15, 0.2) is 6.29 Å². The van der Waals surface area contributed by atoms with Gasteiger partial charge >= 0.3 is 41.8 Å². The topological polar surface area (TPSA) is 54.0 Å². The molecule has 0 bridgehead atoms. The second kappa shape index (κ2) is 12.1. The second-order valence-electron chi connectivity index (χ2n) is 7.09. The van der Waals surface area contributed by atoms with Crippen LogP contribution in [0.25, 0.3) is 0 Å². The molecule has 0 aromatic rings. The van der Waals surface area contributed by atoms with Crippen LogP contribution < -0.4 is 0 Å². The maximum atomic E-state index is 13.6. The van der Waals surface area contributed by atoms with E-state index in [1.54, 1.807) is 0 Å². The monoisotopic (exact) mass is 564 g/mol. The summed E-state index contributed by atoms with van der Waals surface area (Å²) in [6, 6.07) is 0. The van der Waals surface area contributed by atoms with E-state index in [0.717, 1.165) is 6.92 Å². The van der Waals surface area contributed by atoms with Gasteiger partial charge in [0.2, 0.25) is 0 Å². The van der Waals surface area contributed by atoms with Crippen molar-refractivity contribution in [2.45, 2.75) is 62.3 Å². The molecule has 1 atom stereocenters. The van der Waals surface area contributed by atoms with Crippen molar-refractivity contribution in [3.63, 3.8) is 0 Å². The molecule has 5 nitrogen and oxygen atoms in total. The van der Waals surface area contributed by atoms with Crippen LogP contribution in [0.15, 0.2) is 12.2 Å². The Morgan fingerprint density at radius 1 is 0.694 bits per heavy atom. The molecule has 0 amide bonds. The summed E-state index contributed by atoms with van der Waals surface area (Å²) in [5.41, 5.74) is 0.129. The predicted molar refractivity (Wildman–Crippen MR) is 93.4 cm³/mol. The molecule has 0 aliphatic rings. The number of carbonyl (C=O) groups excluding carboxylic acids is 1. The lowest BCUT2D eigenvalue weighted by molar-refractivity contribution is -0.440. The first-order valence-electron chi connectivity index (χ1n) is 9.56. The number of carbonyl (C=O) groups is 1. The first-order valence-corrected chi connectivity index (χ1v) is 9.56. The Kier molecular flexibility index (Phi) is 11.5. The van der Waals surface area contributed by atoms with Crippen molar-refractivity contribution in [1.29, 1.82) is 0 Å². The first kappa shape index (κ1) is 34.2. The highest BCUT2D eigenvalue weighted by atomic mass is 19.4. The van der Waals surface area contributed by atoms with Gasteiger partial charge in [0.1, 0.15) is 6.61 Å². The molecule has 0 N–H and O–H groups in total. The van der Waals surface area contributed by atoms with Crippen LogP contribution in [0.2, 0.25) is 0 Å². The van der Waals surface area contributed by atoms with Crippen molar-refractivity contribution in [3.8, 4) is 0 Å². The lowest BCUT2D eigenvalue weighted by Gasteiger charge is -2.39. The van der Waals surface area contributed by atoms with Gasteiger partial charge < -0.3 is 18.9 Å². The Morgan fingerprint density at radius 2 is 1.14 bits per heavy atom. The van der Waals surface area contributed by atoms with Gasteiger partial charge in [0, 0.05) is 12.0 Å². The minimum Gasteiger partial charge on any atom is -0.460 e. The largest absolute Gasteiger partial charge is 0.460 e. The van der Waals surface area contributed by atoms with Gasteiger partial charge in [0.05, 0.1) is 26.4 Å². The number of ether oxygens (including phenoxy) is 4. The molecule has 0 saturated carbocycles. The van der Waals surface area contributed by atoms with Gasteiger partial charge in [-0.25, -0.2) is 4.79 Å². The van der Waals surface area contributed by atoms with Gasteiger partial charge in [-0.2, -0.15) is 57.1 Å². The molecule has 0 saturated heterocycles. The van der Waals surface area contributed by atoms with E-state index in [4.69, 9.17) is 9.47 Å². The van der Waals surface area contributed by atoms with Crippen molar-refractivity contribution in [2.24, 2.45) is 0 Å². The molecular formula is C18H21F13O5. The van der Waals surface area contributed by atoms with Gasteiger partial charge in [-0.15, -0.1) is 0 Å². The highest BCUT2D eigenvalue weighted by molar-refractivity contribution is 5.86. The molecular weight excluding hydrogens is 543 g/mol. The van der Waals surface area contributed by atoms with E-state index in [9.17, 15) is 61.9 Å². The summed E-state index contributed by atoms with van der Waals surface area (Å²) in [6.07, 6.45) is -11.4. The zero-order valence-corrected chi connectivity index (χ0v) is 18.5. The third-order valence-corrected chi connectivity index (χ3v) is 4.16. The number of hydrogen-bond donors (Lipinski definition) is 0. The average molecular weight is 564 g/mol. The predicted octanol–water partition coefficient (Wildman–Crippen LogP) is 5.63.